The minimum atomic E-state index is 0.348. The Labute approximate surface area is 182 Å². The zero-order valence-corrected chi connectivity index (χ0v) is 17.5. The van der Waals surface area contributed by atoms with E-state index in [4.69, 9.17) is 44.6 Å². The molecule has 2 aromatic carbocycles. The van der Waals surface area contributed by atoms with E-state index in [9.17, 15) is 0 Å². The summed E-state index contributed by atoms with van der Waals surface area (Å²) in [5.74, 6) is 2.34. The Kier molecular flexibility index (Phi) is 9.36. The van der Waals surface area contributed by atoms with Crippen molar-refractivity contribution in [1.29, 1.82) is 0 Å². The number of fused-ring (bicyclic) bond motifs is 2. The SMILES string of the molecule is Nc1ccc2c(c1)OCCOCCOc1cc(N)ccc1OCCOCCOCCO2. The van der Waals surface area contributed by atoms with Gasteiger partial charge >= 0.3 is 0 Å². The number of ether oxygens (including phenoxy) is 7. The highest BCUT2D eigenvalue weighted by molar-refractivity contribution is 5.52. The van der Waals surface area contributed by atoms with Gasteiger partial charge in [0.1, 0.15) is 26.4 Å². The van der Waals surface area contributed by atoms with Gasteiger partial charge in [0.15, 0.2) is 23.0 Å². The summed E-state index contributed by atoms with van der Waals surface area (Å²) >= 11 is 0. The van der Waals surface area contributed by atoms with Crippen LogP contribution in [0.2, 0.25) is 0 Å². The van der Waals surface area contributed by atoms with Gasteiger partial charge in [0.2, 0.25) is 0 Å². The Hall–Kier alpha value is -2.88. The van der Waals surface area contributed by atoms with Crippen LogP contribution < -0.4 is 30.4 Å². The van der Waals surface area contributed by atoms with Crippen molar-refractivity contribution >= 4 is 11.4 Å². The molecule has 0 atom stereocenters. The van der Waals surface area contributed by atoms with Crippen LogP contribution in [0.4, 0.5) is 11.4 Å². The van der Waals surface area contributed by atoms with E-state index in [1.165, 1.54) is 0 Å². The van der Waals surface area contributed by atoms with Gasteiger partial charge in [0.05, 0.1) is 39.6 Å². The van der Waals surface area contributed by atoms with Crippen molar-refractivity contribution in [1.82, 2.24) is 0 Å². The number of hydrogen-bond donors (Lipinski definition) is 2. The van der Waals surface area contributed by atoms with E-state index in [1.54, 1.807) is 36.4 Å². The monoisotopic (exact) mass is 434 g/mol. The lowest BCUT2D eigenvalue weighted by Gasteiger charge is -2.14. The van der Waals surface area contributed by atoms with Crippen LogP contribution in [0.15, 0.2) is 36.4 Å². The third-order valence-electron chi connectivity index (χ3n) is 4.25. The highest BCUT2D eigenvalue weighted by Crippen LogP contribution is 2.30. The molecular formula is C22H30N2O7. The van der Waals surface area contributed by atoms with Crippen LogP contribution in [0.25, 0.3) is 0 Å². The molecule has 0 unspecified atom stereocenters. The summed E-state index contributed by atoms with van der Waals surface area (Å²) in [6, 6.07) is 10.5. The Morgan fingerprint density at radius 3 is 1.13 bits per heavy atom. The second-order valence-electron chi connectivity index (χ2n) is 6.64. The lowest BCUT2D eigenvalue weighted by Crippen LogP contribution is -2.14. The summed E-state index contributed by atoms with van der Waals surface area (Å²) in [4.78, 5) is 0. The van der Waals surface area contributed by atoms with Gasteiger partial charge in [-0.05, 0) is 24.3 Å². The molecule has 9 heteroatoms. The maximum Gasteiger partial charge on any atom is 0.163 e. The largest absolute Gasteiger partial charge is 0.487 e. The first-order valence-corrected chi connectivity index (χ1v) is 10.3. The second-order valence-corrected chi connectivity index (χ2v) is 6.64. The Bertz CT molecular complexity index is 738. The third kappa shape index (κ3) is 8.05. The summed E-state index contributed by atoms with van der Waals surface area (Å²) in [7, 11) is 0. The predicted molar refractivity (Wildman–Crippen MR) is 116 cm³/mol. The average molecular weight is 434 g/mol. The van der Waals surface area contributed by atoms with Crippen molar-refractivity contribution in [3.05, 3.63) is 36.4 Å². The molecule has 0 spiro atoms. The predicted octanol–water partition coefficient (Wildman–Crippen LogP) is 2.13. The fourth-order valence-electron chi connectivity index (χ4n) is 2.78. The van der Waals surface area contributed by atoms with Crippen molar-refractivity contribution < 1.29 is 33.2 Å². The number of hydrogen-bond acceptors (Lipinski definition) is 9. The van der Waals surface area contributed by atoms with Crippen LogP contribution in [-0.2, 0) is 14.2 Å². The zero-order chi connectivity index (χ0) is 21.7. The van der Waals surface area contributed by atoms with Crippen LogP contribution >= 0.6 is 0 Å². The highest BCUT2D eigenvalue weighted by Gasteiger charge is 2.08. The van der Waals surface area contributed by atoms with Gasteiger partial charge in [-0.15, -0.1) is 0 Å². The van der Waals surface area contributed by atoms with Gasteiger partial charge in [0, 0.05) is 23.5 Å². The maximum absolute atomic E-state index is 5.86. The van der Waals surface area contributed by atoms with Crippen molar-refractivity contribution in [2.75, 3.05) is 77.5 Å². The minimum absolute atomic E-state index is 0.348. The molecular weight excluding hydrogens is 404 g/mol. The molecule has 0 saturated heterocycles. The molecule has 0 fully saturated rings. The third-order valence-corrected chi connectivity index (χ3v) is 4.25. The number of anilines is 2. The molecule has 31 heavy (non-hydrogen) atoms. The zero-order valence-electron chi connectivity index (χ0n) is 17.5. The molecule has 0 saturated carbocycles. The molecule has 0 amide bonds. The van der Waals surface area contributed by atoms with Crippen molar-refractivity contribution in [2.45, 2.75) is 0 Å². The fourth-order valence-corrected chi connectivity index (χ4v) is 2.78. The molecule has 1 aliphatic rings. The Morgan fingerprint density at radius 1 is 0.419 bits per heavy atom. The standard InChI is InChI=1S/C22H30N2O7/c23-17-1-3-19-21(15-17)30-13-9-27-10-14-31-22-16-18(24)2-4-20(22)29-12-8-26-6-5-25-7-11-28-19/h1-4,15-16H,5-14,23-24H2. The van der Waals surface area contributed by atoms with Crippen LogP contribution in [0.5, 0.6) is 23.0 Å². The van der Waals surface area contributed by atoms with Crippen molar-refractivity contribution in [2.24, 2.45) is 0 Å². The van der Waals surface area contributed by atoms with Gasteiger partial charge in [0.25, 0.3) is 0 Å². The molecule has 1 aliphatic heterocycles. The fraction of sp³-hybridized carbons (Fsp3) is 0.455. The smallest absolute Gasteiger partial charge is 0.163 e. The summed E-state index contributed by atoms with van der Waals surface area (Å²) in [6.45, 7) is 4.02. The lowest BCUT2D eigenvalue weighted by molar-refractivity contribution is 0.0268. The summed E-state index contributed by atoms with van der Waals surface area (Å²) in [5.41, 5.74) is 12.9. The Morgan fingerprint density at radius 2 is 0.742 bits per heavy atom. The summed E-state index contributed by atoms with van der Waals surface area (Å²) < 4.78 is 39.7. The molecule has 1 heterocycles. The molecule has 0 aromatic heterocycles. The van der Waals surface area contributed by atoms with E-state index < -0.39 is 0 Å². The first kappa shape index (κ1) is 22.8. The molecule has 2 aromatic rings. The summed E-state index contributed by atoms with van der Waals surface area (Å²) in [5, 5.41) is 0. The van der Waals surface area contributed by atoms with Crippen LogP contribution in [-0.4, -0.2) is 66.1 Å². The molecule has 3 rings (SSSR count). The lowest BCUT2D eigenvalue weighted by atomic mass is 10.3. The van der Waals surface area contributed by atoms with Gasteiger partial charge < -0.3 is 44.6 Å². The number of rotatable bonds is 0. The second kappa shape index (κ2) is 12.7. The Balaban J connectivity index is 1.56. The molecule has 0 bridgehead atoms. The van der Waals surface area contributed by atoms with E-state index in [2.05, 4.69) is 0 Å². The van der Waals surface area contributed by atoms with Crippen LogP contribution in [0, 0.1) is 0 Å². The van der Waals surface area contributed by atoms with Gasteiger partial charge in [-0.25, -0.2) is 0 Å². The van der Waals surface area contributed by atoms with E-state index in [-0.39, 0.29) is 0 Å². The maximum atomic E-state index is 5.86. The van der Waals surface area contributed by atoms with E-state index in [0.29, 0.717) is 100 Å². The van der Waals surface area contributed by atoms with Crippen LogP contribution in [0.1, 0.15) is 0 Å². The highest BCUT2D eigenvalue weighted by atomic mass is 16.6. The van der Waals surface area contributed by atoms with E-state index in [0.717, 1.165) is 0 Å². The van der Waals surface area contributed by atoms with E-state index >= 15 is 0 Å². The number of nitrogens with two attached hydrogens (primary N) is 2. The van der Waals surface area contributed by atoms with Crippen molar-refractivity contribution in [3.63, 3.8) is 0 Å². The average Bonchev–Trinajstić information content (AvgIpc) is 2.76. The van der Waals surface area contributed by atoms with Crippen molar-refractivity contribution in [3.8, 4) is 23.0 Å². The number of nitrogen functional groups attached to an aromatic ring is 2. The van der Waals surface area contributed by atoms with E-state index in [1.807, 2.05) is 0 Å². The quantitative estimate of drug-likeness (QED) is 0.601. The molecule has 170 valence electrons. The normalized spacial score (nSPS) is 17.3. The van der Waals surface area contributed by atoms with Gasteiger partial charge in [-0.3, -0.25) is 0 Å². The number of benzene rings is 2. The topological polar surface area (TPSA) is 117 Å². The molecule has 4 N–H and O–H groups in total. The first-order chi connectivity index (χ1) is 15.2. The van der Waals surface area contributed by atoms with Gasteiger partial charge in [-0.1, -0.05) is 0 Å². The van der Waals surface area contributed by atoms with Crippen LogP contribution in [0.3, 0.4) is 0 Å². The molecule has 0 radical (unpaired) electrons. The van der Waals surface area contributed by atoms with Gasteiger partial charge in [-0.2, -0.15) is 0 Å². The summed E-state index contributed by atoms with van der Waals surface area (Å²) in [6.07, 6.45) is 0. The first-order valence-electron chi connectivity index (χ1n) is 10.3. The molecule has 9 nitrogen and oxygen atoms in total. The molecule has 0 aliphatic carbocycles. The minimum Gasteiger partial charge on any atom is -0.487 e.